The van der Waals surface area contributed by atoms with Crippen molar-refractivity contribution < 1.29 is 32.2 Å². The lowest BCUT2D eigenvalue weighted by molar-refractivity contribution is -0.730. The molecule has 3 amide bonds. The molecule has 0 saturated heterocycles. The number of hydrogen-bond donors (Lipinski definition) is 1. The number of pyridine rings is 1. The van der Waals surface area contributed by atoms with Gasteiger partial charge in [0.25, 0.3) is 5.69 Å². The third-order valence-electron chi connectivity index (χ3n) is 7.72. The molecule has 5 heterocycles. The van der Waals surface area contributed by atoms with E-state index in [9.17, 15) is 18.4 Å². The molecule has 0 unspecified atom stereocenters. The summed E-state index contributed by atoms with van der Waals surface area (Å²) in [6.07, 6.45) is 3.14. The van der Waals surface area contributed by atoms with Crippen molar-refractivity contribution in [3.63, 3.8) is 0 Å². The van der Waals surface area contributed by atoms with Crippen molar-refractivity contribution in [2.75, 3.05) is 6.54 Å². The lowest BCUT2D eigenvalue weighted by Gasteiger charge is -2.31. The number of nitrogens with zero attached hydrogens (tertiary/aromatic N) is 8. The van der Waals surface area contributed by atoms with Gasteiger partial charge in [0.05, 0.1) is 24.9 Å². The van der Waals surface area contributed by atoms with Crippen molar-refractivity contribution in [2.45, 2.75) is 39.4 Å². The molecule has 0 saturated carbocycles. The number of carbonyl (C=O) groups is 2. The van der Waals surface area contributed by atoms with Gasteiger partial charge in [-0.1, -0.05) is 4.52 Å². The second-order valence-electron chi connectivity index (χ2n) is 12.1. The van der Waals surface area contributed by atoms with Crippen LogP contribution in [-0.2, 0) is 27.2 Å². The highest BCUT2D eigenvalue weighted by molar-refractivity contribution is 5.89. The highest BCUT2D eigenvalue weighted by atomic mass is 19.1. The van der Waals surface area contributed by atoms with E-state index in [1.54, 1.807) is 34.8 Å². The molecule has 11 nitrogen and oxygen atoms in total. The first-order chi connectivity index (χ1) is 21.3. The summed E-state index contributed by atoms with van der Waals surface area (Å²) in [5.74, 6) is -0.449. The molecule has 4 aromatic heterocycles. The first kappa shape index (κ1) is 29.7. The summed E-state index contributed by atoms with van der Waals surface area (Å²) in [4.78, 5) is 37.4. The van der Waals surface area contributed by atoms with Crippen LogP contribution in [0.25, 0.3) is 28.3 Å². The summed E-state index contributed by atoms with van der Waals surface area (Å²) in [6.45, 7) is 11.0. The zero-order chi connectivity index (χ0) is 32.2. The van der Waals surface area contributed by atoms with E-state index in [2.05, 4.69) is 21.6 Å². The molecule has 1 aliphatic rings. The Balaban J connectivity index is 1.41. The monoisotopic (exact) mass is 614 g/mol. The Morgan fingerprint density at radius 3 is 2.44 bits per heavy atom. The second kappa shape index (κ2) is 11.0. The smallest absolute Gasteiger partial charge is 0.333 e. The van der Waals surface area contributed by atoms with Gasteiger partial charge in [-0.3, -0.25) is 0 Å². The van der Waals surface area contributed by atoms with Gasteiger partial charge in [-0.15, -0.1) is 9.07 Å². The summed E-state index contributed by atoms with van der Waals surface area (Å²) < 4.78 is 36.2. The molecule has 0 bridgehead atoms. The van der Waals surface area contributed by atoms with Gasteiger partial charge in [-0.05, 0) is 50.0 Å². The number of rotatable bonds is 4. The number of aromatic nitrogens is 6. The van der Waals surface area contributed by atoms with Gasteiger partial charge < -0.3 is 14.8 Å². The van der Waals surface area contributed by atoms with Crippen LogP contribution >= 0.6 is 0 Å². The van der Waals surface area contributed by atoms with Crippen molar-refractivity contribution in [1.82, 2.24) is 29.3 Å². The number of nitrogens with one attached hydrogen (secondary N) is 1. The Labute approximate surface area is 258 Å². The van der Waals surface area contributed by atoms with Gasteiger partial charge >= 0.3 is 29.4 Å². The normalized spacial score (nSPS) is 13.2. The molecular formula is C32H34F2N9O2+3. The van der Waals surface area contributed by atoms with E-state index in [1.165, 1.54) is 29.0 Å². The Hall–Kier alpha value is -5.33. The molecule has 5 aromatic rings. The van der Waals surface area contributed by atoms with Crippen LogP contribution in [0.15, 0.2) is 60.9 Å². The van der Waals surface area contributed by atoms with E-state index < -0.39 is 11.9 Å². The fraction of sp³-hybridized carbons (Fsp3) is 0.281. The number of halogens is 2. The van der Waals surface area contributed by atoms with Crippen LogP contribution in [0.1, 0.15) is 37.0 Å². The zero-order valence-corrected chi connectivity index (χ0v) is 25.8. The largest absolute Gasteiger partial charge is 0.360 e. The quantitative estimate of drug-likeness (QED) is 0.191. The van der Waals surface area contributed by atoms with E-state index in [0.29, 0.717) is 36.8 Å². The molecule has 230 valence electrons. The fourth-order valence-corrected chi connectivity index (χ4v) is 5.37. The number of aryl methyl sites for hydroxylation is 2. The first-order valence-electron chi connectivity index (χ1n) is 14.4. The fourth-order valence-electron chi connectivity index (χ4n) is 5.37. The van der Waals surface area contributed by atoms with Crippen molar-refractivity contribution in [1.29, 1.82) is 0 Å². The van der Waals surface area contributed by atoms with Crippen molar-refractivity contribution in [2.24, 2.45) is 14.1 Å². The summed E-state index contributed by atoms with van der Waals surface area (Å²) in [5.41, 5.74) is 3.25. The molecule has 0 spiro atoms. The lowest BCUT2D eigenvalue weighted by Crippen LogP contribution is -2.50. The van der Waals surface area contributed by atoms with E-state index in [1.807, 2.05) is 44.6 Å². The highest BCUT2D eigenvalue weighted by Gasteiger charge is 2.33. The van der Waals surface area contributed by atoms with Gasteiger partial charge in [0.2, 0.25) is 0 Å². The Bertz CT molecular complexity index is 2010. The molecule has 0 aliphatic carbocycles. The third-order valence-corrected chi connectivity index (χ3v) is 7.72. The molecular weight excluding hydrogens is 580 g/mol. The number of benzene rings is 1. The van der Waals surface area contributed by atoms with Crippen molar-refractivity contribution in [3.05, 3.63) is 84.1 Å². The summed E-state index contributed by atoms with van der Waals surface area (Å²) in [7, 11) is 3.40. The Morgan fingerprint density at radius 1 is 1.02 bits per heavy atom. The van der Waals surface area contributed by atoms with E-state index in [-0.39, 0.29) is 28.8 Å². The average molecular weight is 615 g/mol. The average Bonchev–Trinajstić information content (AvgIpc) is 3.60. The van der Waals surface area contributed by atoms with Crippen LogP contribution in [0, 0.1) is 11.8 Å². The third kappa shape index (κ3) is 5.56. The standard InChI is InChI=1S/C32H33F2N9O2/c1-32(2,3)37-31(45)41-15-16-42-27(18-41)36-28(20-7-9-22(33)10-8-20)29(42)23-11-12-25-35-26(19-43(25)40(23)6)39(5)30(44)21-13-14-38(4)24(34)17-21/h7-14,17,19H,5,15-16,18H2,1-4,6H3/q+2/p+1. The van der Waals surface area contributed by atoms with Gasteiger partial charge in [-0.25, -0.2) is 19.0 Å². The summed E-state index contributed by atoms with van der Waals surface area (Å²) >= 11 is 0. The van der Waals surface area contributed by atoms with Crippen molar-refractivity contribution in [3.8, 4) is 22.6 Å². The minimum absolute atomic E-state index is 0.141. The molecule has 45 heavy (non-hydrogen) atoms. The molecule has 1 N–H and O–H groups in total. The highest BCUT2D eigenvalue weighted by Crippen LogP contribution is 2.33. The number of carbonyl (C=O) groups excluding carboxylic acids is 2. The predicted molar refractivity (Wildman–Crippen MR) is 161 cm³/mol. The van der Waals surface area contributed by atoms with Gasteiger partial charge in [0.1, 0.15) is 30.1 Å². The molecule has 0 radical (unpaired) electrons. The van der Waals surface area contributed by atoms with Crippen LogP contribution in [0.5, 0.6) is 0 Å². The topological polar surface area (TPSA) is 95.3 Å². The minimum Gasteiger partial charge on any atom is -0.333 e. The van der Waals surface area contributed by atoms with Crippen LogP contribution in [0.3, 0.4) is 0 Å². The minimum atomic E-state index is -0.556. The van der Waals surface area contributed by atoms with Gasteiger partial charge in [0.15, 0.2) is 19.4 Å². The lowest BCUT2D eigenvalue weighted by atomic mass is 10.1. The summed E-state index contributed by atoms with van der Waals surface area (Å²) in [5, 5.41) is 3.02. The number of urea groups is 1. The SMILES string of the molecule is C=[N+](C(=O)c1cc[n+](C)c(F)c1)c1cn2c(ccc(-c3c(-c4ccc(F)cc4)nc4n3CCN(C(=O)NC(C)(C)C)C4)[n+]2C)n1. The van der Waals surface area contributed by atoms with Crippen LogP contribution < -0.4 is 14.6 Å². The molecule has 13 heteroatoms. The zero-order valence-electron chi connectivity index (χ0n) is 25.8. The maximum Gasteiger partial charge on any atom is 0.360 e. The Kier molecular flexibility index (Phi) is 7.26. The van der Waals surface area contributed by atoms with Crippen molar-refractivity contribution >= 4 is 30.1 Å². The van der Waals surface area contributed by atoms with E-state index in [4.69, 9.17) is 4.98 Å². The van der Waals surface area contributed by atoms with E-state index in [0.717, 1.165) is 27.6 Å². The Morgan fingerprint density at radius 2 is 1.76 bits per heavy atom. The maximum absolute atomic E-state index is 14.1. The number of imidazole rings is 2. The number of fused-ring (bicyclic) bond motifs is 2. The molecule has 6 rings (SSSR count). The molecule has 1 aromatic carbocycles. The number of hydrogen-bond acceptors (Lipinski definition) is 4. The maximum atomic E-state index is 14.1. The van der Waals surface area contributed by atoms with Crippen LogP contribution in [0.2, 0.25) is 0 Å². The van der Waals surface area contributed by atoms with Gasteiger partial charge in [-0.2, -0.15) is 9.14 Å². The van der Waals surface area contributed by atoms with Crippen LogP contribution in [0.4, 0.5) is 19.4 Å². The van der Waals surface area contributed by atoms with Gasteiger partial charge in [0, 0.05) is 42.4 Å². The number of amides is 3. The second-order valence-corrected chi connectivity index (χ2v) is 12.1. The molecule has 1 aliphatic heterocycles. The molecule has 0 fully saturated rings. The first-order valence-corrected chi connectivity index (χ1v) is 14.4. The molecule has 0 atom stereocenters. The van der Waals surface area contributed by atoms with Crippen LogP contribution in [-0.4, -0.2) is 59.3 Å². The van der Waals surface area contributed by atoms with E-state index >= 15 is 0 Å². The predicted octanol–water partition coefficient (Wildman–Crippen LogP) is 3.30. The summed E-state index contributed by atoms with van der Waals surface area (Å²) in [6, 6.07) is 12.4.